The van der Waals surface area contributed by atoms with Crippen LogP contribution in [-0.4, -0.2) is 52.3 Å². The number of carboxylic acids is 1. The Kier molecular flexibility index (Phi) is 4.56. The molecule has 0 spiro atoms. The normalized spacial score (nSPS) is 24.1. The Morgan fingerprint density at radius 1 is 1.39 bits per heavy atom. The molecule has 0 aromatic rings. The Hall–Kier alpha value is -1.30. The number of aliphatic carboxylic acids is 1. The molecule has 0 bridgehead atoms. The van der Waals surface area contributed by atoms with Crippen molar-refractivity contribution in [2.45, 2.75) is 45.8 Å². The number of urea groups is 1. The number of carbonyl (C=O) groups excluding carboxylic acids is 1. The number of β-amino-alcohol motifs (C(OH)–C–C–N with tert-alkyl or cyclic N) is 1. The topological polar surface area (TPSA) is 89.9 Å². The molecule has 0 aromatic heterocycles. The maximum absolute atomic E-state index is 11.8. The highest BCUT2D eigenvalue weighted by molar-refractivity contribution is 5.83. The van der Waals surface area contributed by atoms with Gasteiger partial charge in [0.05, 0.1) is 6.10 Å². The standard InChI is InChI=1S/C12H22N2O4/c1-12(2,3)4-5-13-11(18)14-7-8(15)6-9(14)10(16)17/h8-9,15H,4-7H2,1-3H3,(H,13,18)(H,16,17)/t8-,9+/m1/s1. The van der Waals surface area contributed by atoms with Gasteiger partial charge in [-0.15, -0.1) is 0 Å². The van der Waals surface area contributed by atoms with E-state index in [-0.39, 0.29) is 18.4 Å². The largest absolute Gasteiger partial charge is 0.480 e. The van der Waals surface area contributed by atoms with Crippen LogP contribution in [0.4, 0.5) is 4.79 Å². The minimum absolute atomic E-state index is 0.0817. The zero-order chi connectivity index (χ0) is 13.9. The van der Waals surface area contributed by atoms with Gasteiger partial charge in [-0.1, -0.05) is 20.8 Å². The third-order valence-electron chi connectivity index (χ3n) is 2.98. The number of nitrogens with one attached hydrogen (secondary N) is 1. The molecule has 0 aliphatic carbocycles. The maximum atomic E-state index is 11.8. The molecule has 0 unspecified atom stereocenters. The van der Waals surface area contributed by atoms with E-state index >= 15 is 0 Å². The fraction of sp³-hybridized carbons (Fsp3) is 0.833. The van der Waals surface area contributed by atoms with Crippen molar-refractivity contribution in [2.75, 3.05) is 13.1 Å². The van der Waals surface area contributed by atoms with Crippen LogP contribution in [0.1, 0.15) is 33.6 Å². The van der Waals surface area contributed by atoms with E-state index in [9.17, 15) is 14.7 Å². The smallest absolute Gasteiger partial charge is 0.326 e. The van der Waals surface area contributed by atoms with E-state index < -0.39 is 24.1 Å². The minimum atomic E-state index is -1.07. The lowest BCUT2D eigenvalue weighted by Gasteiger charge is -2.23. The Balaban J connectivity index is 2.48. The van der Waals surface area contributed by atoms with Crippen LogP contribution >= 0.6 is 0 Å². The molecule has 1 aliphatic rings. The number of amides is 2. The van der Waals surface area contributed by atoms with Crippen LogP contribution in [-0.2, 0) is 4.79 Å². The molecule has 6 heteroatoms. The van der Waals surface area contributed by atoms with Crippen molar-refractivity contribution in [3.63, 3.8) is 0 Å². The van der Waals surface area contributed by atoms with Crippen molar-refractivity contribution >= 4 is 12.0 Å². The average Bonchev–Trinajstić information content (AvgIpc) is 2.58. The number of hydrogen-bond acceptors (Lipinski definition) is 3. The van der Waals surface area contributed by atoms with E-state index in [1.165, 1.54) is 4.90 Å². The number of likely N-dealkylation sites (tertiary alicyclic amines) is 1. The van der Waals surface area contributed by atoms with Crippen molar-refractivity contribution in [3.8, 4) is 0 Å². The van der Waals surface area contributed by atoms with Gasteiger partial charge in [0.25, 0.3) is 0 Å². The number of carboxylic acid groups (broad SMARTS) is 1. The molecular weight excluding hydrogens is 236 g/mol. The third-order valence-corrected chi connectivity index (χ3v) is 2.98. The molecule has 1 heterocycles. The van der Waals surface area contributed by atoms with Crippen molar-refractivity contribution < 1.29 is 19.8 Å². The Labute approximate surface area is 107 Å². The van der Waals surface area contributed by atoms with Gasteiger partial charge in [-0.05, 0) is 11.8 Å². The summed E-state index contributed by atoms with van der Waals surface area (Å²) in [4.78, 5) is 24.0. The van der Waals surface area contributed by atoms with E-state index in [1.807, 2.05) is 0 Å². The quantitative estimate of drug-likeness (QED) is 0.693. The predicted molar refractivity (Wildman–Crippen MR) is 66.2 cm³/mol. The first-order valence-electron chi connectivity index (χ1n) is 6.16. The number of nitrogens with zero attached hydrogens (tertiary/aromatic N) is 1. The number of hydrogen-bond donors (Lipinski definition) is 3. The molecule has 18 heavy (non-hydrogen) atoms. The summed E-state index contributed by atoms with van der Waals surface area (Å²) < 4.78 is 0. The number of aliphatic hydroxyl groups excluding tert-OH is 1. The summed E-state index contributed by atoms with van der Waals surface area (Å²) in [5.41, 5.74) is 0.115. The van der Waals surface area contributed by atoms with E-state index in [4.69, 9.17) is 5.11 Å². The van der Waals surface area contributed by atoms with Gasteiger partial charge in [-0.2, -0.15) is 0 Å². The zero-order valence-electron chi connectivity index (χ0n) is 11.1. The fourth-order valence-corrected chi connectivity index (χ4v) is 1.92. The summed E-state index contributed by atoms with van der Waals surface area (Å²) in [6.45, 7) is 6.79. The number of carbonyl (C=O) groups is 2. The fourth-order valence-electron chi connectivity index (χ4n) is 1.92. The monoisotopic (exact) mass is 258 g/mol. The van der Waals surface area contributed by atoms with Gasteiger partial charge in [0.15, 0.2) is 0 Å². The SMILES string of the molecule is CC(C)(C)CCNC(=O)N1C[C@H](O)C[C@H]1C(=O)O. The predicted octanol–water partition coefficient (Wildman–Crippen LogP) is 0.652. The van der Waals surface area contributed by atoms with Gasteiger partial charge >= 0.3 is 12.0 Å². The Morgan fingerprint density at radius 3 is 2.50 bits per heavy atom. The van der Waals surface area contributed by atoms with Gasteiger partial charge in [-0.25, -0.2) is 9.59 Å². The molecule has 2 atom stereocenters. The molecule has 1 rings (SSSR count). The second-order valence-corrected chi connectivity index (χ2v) is 5.94. The van der Waals surface area contributed by atoms with Crippen LogP contribution in [0.2, 0.25) is 0 Å². The van der Waals surface area contributed by atoms with Crippen molar-refractivity contribution in [3.05, 3.63) is 0 Å². The molecule has 0 saturated carbocycles. The van der Waals surface area contributed by atoms with Crippen LogP contribution < -0.4 is 5.32 Å². The highest BCUT2D eigenvalue weighted by Gasteiger charge is 2.38. The highest BCUT2D eigenvalue weighted by atomic mass is 16.4. The molecule has 104 valence electrons. The molecule has 1 aliphatic heterocycles. The Bertz CT molecular complexity index is 325. The van der Waals surface area contributed by atoms with Gasteiger partial charge in [0, 0.05) is 19.5 Å². The van der Waals surface area contributed by atoms with Crippen molar-refractivity contribution in [1.82, 2.24) is 10.2 Å². The first kappa shape index (κ1) is 14.8. The van der Waals surface area contributed by atoms with Crippen LogP contribution in [0.15, 0.2) is 0 Å². The first-order chi connectivity index (χ1) is 8.20. The summed E-state index contributed by atoms with van der Waals surface area (Å²) in [7, 11) is 0. The van der Waals surface area contributed by atoms with Gasteiger partial charge in [0.2, 0.25) is 0 Å². The van der Waals surface area contributed by atoms with Crippen molar-refractivity contribution in [1.29, 1.82) is 0 Å². The molecule has 2 amide bonds. The molecule has 0 radical (unpaired) electrons. The van der Waals surface area contributed by atoms with Crippen LogP contribution in [0.25, 0.3) is 0 Å². The Morgan fingerprint density at radius 2 is 2.00 bits per heavy atom. The van der Waals surface area contributed by atoms with E-state index in [2.05, 4.69) is 26.1 Å². The lowest BCUT2D eigenvalue weighted by Crippen LogP contribution is -2.46. The summed E-state index contributed by atoms with van der Waals surface area (Å²) >= 11 is 0. The number of aliphatic hydroxyl groups is 1. The second-order valence-electron chi connectivity index (χ2n) is 5.94. The first-order valence-corrected chi connectivity index (χ1v) is 6.16. The van der Waals surface area contributed by atoms with Crippen LogP contribution in [0.3, 0.4) is 0 Å². The van der Waals surface area contributed by atoms with Gasteiger partial charge in [-0.3, -0.25) is 0 Å². The summed E-state index contributed by atoms with van der Waals surface area (Å²) in [5, 5.41) is 21.1. The molecule has 1 fully saturated rings. The maximum Gasteiger partial charge on any atom is 0.326 e. The average molecular weight is 258 g/mol. The summed E-state index contributed by atoms with van der Waals surface area (Å²) in [5.74, 6) is -1.07. The summed E-state index contributed by atoms with van der Waals surface area (Å²) in [6, 6.07) is -1.34. The minimum Gasteiger partial charge on any atom is -0.480 e. The van der Waals surface area contributed by atoms with E-state index in [0.29, 0.717) is 6.54 Å². The molecule has 3 N–H and O–H groups in total. The molecule has 1 saturated heterocycles. The highest BCUT2D eigenvalue weighted by Crippen LogP contribution is 2.19. The lowest BCUT2D eigenvalue weighted by molar-refractivity contribution is -0.141. The third kappa shape index (κ3) is 4.18. The molecule has 6 nitrogen and oxygen atoms in total. The number of rotatable bonds is 3. The van der Waals surface area contributed by atoms with Crippen LogP contribution in [0, 0.1) is 5.41 Å². The van der Waals surface area contributed by atoms with E-state index in [1.54, 1.807) is 0 Å². The van der Waals surface area contributed by atoms with Crippen LogP contribution in [0.5, 0.6) is 0 Å². The molecule has 0 aromatic carbocycles. The van der Waals surface area contributed by atoms with Gasteiger partial charge in [0.1, 0.15) is 6.04 Å². The summed E-state index contributed by atoms with van der Waals surface area (Å²) in [6.07, 6.45) is 0.161. The molecular formula is C12H22N2O4. The van der Waals surface area contributed by atoms with E-state index in [0.717, 1.165) is 6.42 Å². The van der Waals surface area contributed by atoms with Crippen molar-refractivity contribution in [2.24, 2.45) is 5.41 Å². The van der Waals surface area contributed by atoms with Gasteiger partial charge < -0.3 is 20.4 Å². The lowest BCUT2D eigenvalue weighted by atomic mass is 9.92. The second kappa shape index (κ2) is 5.56. The zero-order valence-corrected chi connectivity index (χ0v) is 11.1.